The summed E-state index contributed by atoms with van der Waals surface area (Å²) >= 11 is 0. The largest absolute Gasteiger partial charge is 0.328 e. The second-order valence-electron chi connectivity index (χ2n) is 4.42. The van der Waals surface area contributed by atoms with E-state index in [9.17, 15) is 14.8 Å². The summed E-state index contributed by atoms with van der Waals surface area (Å²) in [5.41, 5.74) is 3.64. The summed E-state index contributed by atoms with van der Waals surface area (Å²) in [5, 5.41) is 9.59. The maximum absolute atomic E-state index is 11.9. The Labute approximate surface area is 105 Å². The van der Waals surface area contributed by atoms with E-state index >= 15 is 0 Å². The quantitative estimate of drug-likeness (QED) is 0.616. The summed E-state index contributed by atoms with van der Waals surface area (Å²) in [7, 11) is 0. The Kier molecular flexibility index (Phi) is 3.74. The van der Waals surface area contributed by atoms with Crippen LogP contribution in [-0.2, 0) is 16.0 Å². The molecule has 1 amide bonds. The van der Waals surface area contributed by atoms with Crippen molar-refractivity contribution in [1.82, 2.24) is 10.6 Å². The number of ketones is 1. The molecule has 0 aromatic heterocycles. The molecule has 5 heteroatoms. The van der Waals surface area contributed by atoms with Gasteiger partial charge in [-0.05, 0) is 18.4 Å². The van der Waals surface area contributed by atoms with Crippen molar-refractivity contribution in [1.29, 1.82) is 0 Å². The van der Waals surface area contributed by atoms with Gasteiger partial charge in [-0.15, -0.1) is 5.17 Å². The Bertz CT molecular complexity index is 447. The normalized spacial score (nSPS) is 24.4. The van der Waals surface area contributed by atoms with Gasteiger partial charge in [0.1, 0.15) is 0 Å². The van der Waals surface area contributed by atoms with Gasteiger partial charge in [-0.1, -0.05) is 37.3 Å². The van der Waals surface area contributed by atoms with Crippen molar-refractivity contribution >= 4 is 11.7 Å². The van der Waals surface area contributed by atoms with Gasteiger partial charge >= 0.3 is 5.91 Å². The first-order chi connectivity index (χ1) is 8.63. The fraction of sp³-hybridized carbons (Fsp3) is 0.385. The molecule has 2 atom stereocenters. The smallest absolute Gasteiger partial charge is 0.288 e. The molecule has 0 saturated carbocycles. The average Bonchev–Trinajstić information content (AvgIpc) is 2.40. The fourth-order valence-electron chi connectivity index (χ4n) is 2.23. The van der Waals surface area contributed by atoms with E-state index in [0.717, 1.165) is 5.56 Å². The molecule has 2 rings (SSSR count). The number of hydrogen-bond acceptors (Lipinski definition) is 4. The van der Waals surface area contributed by atoms with E-state index in [1.165, 1.54) is 0 Å². The Hall–Kier alpha value is -1.72. The number of carbonyl (C=O) groups is 2. The number of hydrazine groups is 1. The first-order valence-corrected chi connectivity index (χ1v) is 6.00. The highest BCUT2D eigenvalue weighted by molar-refractivity contribution is 6.37. The van der Waals surface area contributed by atoms with Crippen LogP contribution < -0.4 is 5.43 Å². The zero-order valence-corrected chi connectivity index (χ0v) is 10.2. The third kappa shape index (κ3) is 2.42. The fourth-order valence-corrected chi connectivity index (χ4v) is 2.23. The number of nitrogens with one attached hydrogen (secondary N) is 1. The summed E-state index contributed by atoms with van der Waals surface area (Å²) in [6, 6.07) is 9.34. The minimum atomic E-state index is -0.888. The minimum absolute atomic E-state index is 0.222. The van der Waals surface area contributed by atoms with E-state index in [-0.39, 0.29) is 6.04 Å². The van der Waals surface area contributed by atoms with Crippen molar-refractivity contribution in [2.24, 2.45) is 5.92 Å². The van der Waals surface area contributed by atoms with E-state index in [1.54, 1.807) is 0 Å². The van der Waals surface area contributed by atoms with Gasteiger partial charge in [0.05, 0.1) is 0 Å². The van der Waals surface area contributed by atoms with Crippen molar-refractivity contribution in [3.8, 4) is 0 Å². The maximum atomic E-state index is 11.9. The molecule has 18 heavy (non-hydrogen) atoms. The van der Waals surface area contributed by atoms with Crippen molar-refractivity contribution in [3.63, 3.8) is 0 Å². The number of rotatable bonds is 3. The molecule has 1 aliphatic heterocycles. The van der Waals surface area contributed by atoms with Gasteiger partial charge in [0.15, 0.2) is 0 Å². The van der Waals surface area contributed by atoms with Crippen LogP contribution >= 0.6 is 0 Å². The van der Waals surface area contributed by atoms with Gasteiger partial charge in [-0.25, -0.2) is 5.43 Å². The summed E-state index contributed by atoms with van der Waals surface area (Å²) < 4.78 is 0. The molecule has 1 aromatic rings. The Balaban J connectivity index is 2.18. The molecule has 1 aliphatic rings. The standard InChI is InChI=1S/C13H16N2O3/c1-2-11-10(8-9-6-4-3-5-7-9)12(16)13(17)15(18)14-11/h3-7,10-11,14,18H,2,8H2,1H3. The van der Waals surface area contributed by atoms with Crippen LogP contribution in [0.15, 0.2) is 30.3 Å². The lowest BCUT2D eigenvalue weighted by atomic mass is 9.86. The molecule has 1 heterocycles. The molecule has 0 aliphatic carbocycles. The molecule has 1 aromatic carbocycles. The summed E-state index contributed by atoms with van der Waals surface area (Å²) in [5.74, 6) is -1.85. The van der Waals surface area contributed by atoms with Gasteiger partial charge < -0.3 is 0 Å². The molecule has 0 bridgehead atoms. The molecule has 1 saturated heterocycles. The SMILES string of the molecule is CCC1NN(O)C(=O)C(=O)C1Cc1ccccc1. The number of hydrogen-bond donors (Lipinski definition) is 2. The molecular weight excluding hydrogens is 232 g/mol. The van der Waals surface area contributed by atoms with Gasteiger partial charge in [-0.2, -0.15) is 0 Å². The number of carbonyl (C=O) groups excluding carboxylic acids is 2. The number of nitrogens with zero attached hydrogens (tertiary/aromatic N) is 1. The predicted molar refractivity (Wildman–Crippen MR) is 64.5 cm³/mol. The summed E-state index contributed by atoms with van der Waals surface area (Å²) in [6.07, 6.45) is 1.17. The lowest BCUT2D eigenvalue weighted by Crippen LogP contribution is -2.60. The maximum Gasteiger partial charge on any atom is 0.328 e. The summed E-state index contributed by atoms with van der Waals surface area (Å²) in [6.45, 7) is 1.91. The molecule has 0 radical (unpaired) electrons. The first-order valence-electron chi connectivity index (χ1n) is 6.00. The van der Waals surface area contributed by atoms with Gasteiger partial charge in [-0.3, -0.25) is 14.8 Å². The molecule has 2 N–H and O–H groups in total. The second-order valence-corrected chi connectivity index (χ2v) is 4.42. The predicted octanol–water partition coefficient (Wildman–Crippen LogP) is 0.929. The highest BCUT2D eigenvalue weighted by Crippen LogP contribution is 2.20. The molecule has 2 unspecified atom stereocenters. The highest BCUT2D eigenvalue weighted by Gasteiger charge is 2.40. The Morgan fingerprint density at radius 2 is 1.94 bits per heavy atom. The van der Waals surface area contributed by atoms with Crippen LogP contribution in [0.25, 0.3) is 0 Å². The molecule has 5 nitrogen and oxygen atoms in total. The topological polar surface area (TPSA) is 69.6 Å². The van der Waals surface area contributed by atoms with Gasteiger partial charge in [0.25, 0.3) is 0 Å². The highest BCUT2D eigenvalue weighted by atomic mass is 16.6. The lowest BCUT2D eigenvalue weighted by molar-refractivity contribution is -0.196. The number of amides is 1. The van der Waals surface area contributed by atoms with Crippen LogP contribution in [0.1, 0.15) is 18.9 Å². The monoisotopic (exact) mass is 248 g/mol. The van der Waals surface area contributed by atoms with Gasteiger partial charge in [0.2, 0.25) is 5.78 Å². The molecule has 96 valence electrons. The second kappa shape index (κ2) is 5.29. The zero-order chi connectivity index (χ0) is 13.1. The van der Waals surface area contributed by atoms with Crippen LogP contribution in [0.3, 0.4) is 0 Å². The van der Waals surface area contributed by atoms with E-state index in [0.29, 0.717) is 18.0 Å². The van der Waals surface area contributed by atoms with Crippen molar-refractivity contribution in [2.45, 2.75) is 25.8 Å². The number of hydroxylamine groups is 1. The van der Waals surface area contributed by atoms with Crippen molar-refractivity contribution in [2.75, 3.05) is 0 Å². The third-order valence-electron chi connectivity index (χ3n) is 3.25. The van der Waals surface area contributed by atoms with Crippen LogP contribution in [0.5, 0.6) is 0 Å². The zero-order valence-electron chi connectivity index (χ0n) is 10.2. The van der Waals surface area contributed by atoms with Crippen molar-refractivity contribution < 1.29 is 14.8 Å². The molecule has 1 fully saturated rings. The van der Waals surface area contributed by atoms with Crippen LogP contribution in [0.2, 0.25) is 0 Å². The van der Waals surface area contributed by atoms with Crippen LogP contribution in [0, 0.1) is 5.92 Å². The lowest BCUT2D eigenvalue weighted by Gasteiger charge is -2.34. The first kappa shape index (κ1) is 12.7. The summed E-state index contributed by atoms with van der Waals surface area (Å²) in [4.78, 5) is 23.4. The third-order valence-corrected chi connectivity index (χ3v) is 3.25. The molecule has 0 spiro atoms. The van der Waals surface area contributed by atoms with E-state index in [4.69, 9.17) is 0 Å². The van der Waals surface area contributed by atoms with E-state index in [2.05, 4.69) is 5.43 Å². The average molecular weight is 248 g/mol. The number of Topliss-reactive ketones (excluding diaryl/α,β-unsaturated/α-hetero) is 1. The van der Waals surface area contributed by atoms with Crippen LogP contribution in [0.4, 0.5) is 0 Å². The van der Waals surface area contributed by atoms with Crippen LogP contribution in [-0.4, -0.2) is 28.1 Å². The minimum Gasteiger partial charge on any atom is -0.288 e. The van der Waals surface area contributed by atoms with E-state index in [1.807, 2.05) is 37.3 Å². The molecular formula is C13H16N2O3. The Morgan fingerprint density at radius 1 is 1.28 bits per heavy atom. The number of benzene rings is 1. The van der Waals surface area contributed by atoms with E-state index < -0.39 is 17.6 Å². The van der Waals surface area contributed by atoms with Gasteiger partial charge in [0, 0.05) is 12.0 Å². The van der Waals surface area contributed by atoms with Crippen molar-refractivity contribution in [3.05, 3.63) is 35.9 Å². The Morgan fingerprint density at radius 3 is 2.56 bits per heavy atom.